The highest BCUT2D eigenvalue weighted by atomic mass is 15.3. The smallest absolute Gasteiger partial charge is 0.162 e. The van der Waals surface area contributed by atoms with Crippen molar-refractivity contribution in [1.82, 2.24) is 9.97 Å². The molecule has 0 saturated heterocycles. The van der Waals surface area contributed by atoms with E-state index in [9.17, 15) is 0 Å². The first-order valence-electron chi connectivity index (χ1n) is 6.75. The number of hydrogen-bond donors (Lipinski definition) is 2. The Hall–Kier alpha value is -1.94. The molecule has 1 aromatic heterocycles. The minimum absolute atomic E-state index is 0.0537. The molecule has 20 heavy (non-hydrogen) atoms. The molecule has 106 valence electrons. The molecule has 4 nitrogen and oxygen atoms in total. The van der Waals surface area contributed by atoms with Gasteiger partial charge in [0.1, 0.15) is 5.82 Å². The van der Waals surface area contributed by atoms with Crippen LogP contribution in [0.25, 0.3) is 11.4 Å². The molecule has 4 heteroatoms. The van der Waals surface area contributed by atoms with Gasteiger partial charge in [0.25, 0.3) is 0 Å². The van der Waals surface area contributed by atoms with Crippen LogP contribution in [0.2, 0.25) is 0 Å². The van der Waals surface area contributed by atoms with E-state index in [1.165, 1.54) is 11.1 Å². The molecule has 1 heterocycles. The average molecular weight is 270 g/mol. The van der Waals surface area contributed by atoms with Crippen LogP contribution in [0.15, 0.2) is 24.3 Å². The first kappa shape index (κ1) is 14.5. The molecule has 0 saturated carbocycles. The summed E-state index contributed by atoms with van der Waals surface area (Å²) in [6.45, 7) is 10.5. The molecule has 0 aliphatic rings. The highest BCUT2D eigenvalue weighted by Gasteiger charge is 2.19. The van der Waals surface area contributed by atoms with Crippen molar-refractivity contribution in [3.8, 4) is 11.4 Å². The van der Waals surface area contributed by atoms with Crippen molar-refractivity contribution in [2.45, 2.75) is 40.0 Å². The fraction of sp³-hybridized carbons (Fsp3) is 0.375. The zero-order valence-electron chi connectivity index (χ0n) is 12.8. The highest BCUT2D eigenvalue weighted by molar-refractivity contribution is 5.62. The number of benzene rings is 1. The van der Waals surface area contributed by atoms with Crippen LogP contribution >= 0.6 is 0 Å². The van der Waals surface area contributed by atoms with Gasteiger partial charge in [0.15, 0.2) is 5.82 Å². The minimum atomic E-state index is -0.0537. The molecule has 0 aliphatic carbocycles. The molecule has 2 rings (SSSR count). The molecule has 0 aliphatic heterocycles. The summed E-state index contributed by atoms with van der Waals surface area (Å²) in [5.74, 6) is 6.88. The van der Waals surface area contributed by atoms with Crippen molar-refractivity contribution in [1.29, 1.82) is 0 Å². The van der Waals surface area contributed by atoms with Gasteiger partial charge >= 0.3 is 0 Å². The van der Waals surface area contributed by atoms with Crippen LogP contribution < -0.4 is 11.3 Å². The van der Waals surface area contributed by atoms with Crippen LogP contribution in [0.5, 0.6) is 0 Å². The maximum atomic E-state index is 5.53. The lowest BCUT2D eigenvalue weighted by atomic mass is 9.91. The Morgan fingerprint density at radius 2 is 1.75 bits per heavy atom. The van der Waals surface area contributed by atoms with Gasteiger partial charge in [-0.05, 0) is 19.4 Å². The zero-order valence-corrected chi connectivity index (χ0v) is 12.8. The van der Waals surface area contributed by atoms with Gasteiger partial charge < -0.3 is 5.43 Å². The Morgan fingerprint density at radius 1 is 1.05 bits per heavy atom. The quantitative estimate of drug-likeness (QED) is 0.649. The standard InChI is InChI=1S/C16H22N4/c1-10-6-7-12(11(2)8-10)15-18-13(16(3,4)5)9-14(19-15)20-17/h6-9H,17H2,1-5H3,(H,18,19,20). The van der Waals surface area contributed by atoms with Gasteiger partial charge in [-0.25, -0.2) is 15.8 Å². The average Bonchev–Trinajstić information content (AvgIpc) is 2.37. The largest absolute Gasteiger partial charge is 0.308 e. The number of rotatable bonds is 2. The molecular formula is C16H22N4. The lowest BCUT2D eigenvalue weighted by Gasteiger charge is -2.19. The third-order valence-electron chi connectivity index (χ3n) is 3.27. The molecule has 0 spiro atoms. The second-order valence-corrected chi connectivity index (χ2v) is 6.17. The van der Waals surface area contributed by atoms with Gasteiger partial charge in [0, 0.05) is 17.0 Å². The maximum Gasteiger partial charge on any atom is 0.162 e. The summed E-state index contributed by atoms with van der Waals surface area (Å²) in [4.78, 5) is 9.19. The van der Waals surface area contributed by atoms with Crippen molar-refractivity contribution in [2.24, 2.45) is 5.84 Å². The Morgan fingerprint density at radius 3 is 2.30 bits per heavy atom. The Balaban J connectivity index is 2.61. The van der Waals surface area contributed by atoms with E-state index in [1.54, 1.807) is 0 Å². The number of anilines is 1. The maximum absolute atomic E-state index is 5.53. The molecule has 0 atom stereocenters. The fourth-order valence-electron chi connectivity index (χ4n) is 2.09. The van der Waals surface area contributed by atoms with Gasteiger partial charge in [-0.2, -0.15) is 0 Å². The third-order valence-corrected chi connectivity index (χ3v) is 3.27. The van der Waals surface area contributed by atoms with Crippen LogP contribution in [0.3, 0.4) is 0 Å². The Kier molecular flexibility index (Phi) is 3.77. The Labute approximate surface area is 120 Å². The van der Waals surface area contributed by atoms with E-state index in [0.29, 0.717) is 11.6 Å². The number of hydrogen-bond acceptors (Lipinski definition) is 4. The van der Waals surface area contributed by atoms with Crippen molar-refractivity contribution >= 4 is 5.82 Å². The van der Waals surface area contributed by atoms with Crippen LogP contribution in [0, 0.1) is 13.8 Å². The van der Waals surface area contributed by atoms with E-state index < -0.39 is 0 Å². The van der Waals surface area contributed by atoms with Gasteiger partial charge in [-0.15, -0.1) is 0 Å². The van der Waals surface area contributed by atoms with Gasteiger partial charge in [0.05, 0.1) is 5.69 Å². The molecule has 0 unspecified atom stereocenters. The number of nitrogens with zero attached hydrogens (tertiary/aromatic N) is 2. The van der Waals surface area contributed by atoms with Crippen molar-refractivity contribution in [3.05, 3.63) is 41.1 Å². The monoisotopic (exact) mass is 270 g/mol. The Bertz CT molecular complexity index is 627. The molecule has 3 N–H and O–H groups in total. The first-order valence-corrected chi connectivity index (χ1v) is 6.75. The fourth-order valence-corrected chi connectivity index (χ4v) is 2.09. The number of nitrogen functional groups attached to an aromatic ring is 1. The lowest BCUT2D eigenvalue weighted by Crippen LogP contribution is -2.17. The normalized spacial score (nSPS) is 11.5. The molecule has 0 radical (unpaired) electrons. The summed E-state index contributed by atoms with van der Waals surface area (Å²) in [5.41, 5.74) is 6.98. The number of hydrazine groups is 1. The molecule has 2 aromatic rings. The van der Waals surface area contributed by atoms with Gasteiger partial charge in [0.2, 0.25) is 0 Å². The van der Waals surface area contributed by atoms with Crippen molar-refractivity contribution < 1.29 is 0 Å². The summed E-state index contributed by atoms with van der Waals surface area (Å²) >= 11 is 0. The van der Waals surface area contributed by atoms with Crippen LogP contribution in [-0.2, 0) is 5.41 Å². The predicted molar refractivity (Wildman–Crippen MR) is 83.5 cm³/mol. The zero-order chi connectivity index (χ0) is 14.9. The molecular weight excluding hydrogens is 248 g/mol. The lowest BCUT2D eigenvalue weighted by molar-refractivity contribution is 0.568. The van der Waals surface area contributed by atoms with E-state index in [2.05, 4.69) is 63.2 Å². The van der Waals surface area contributed by atoms with E-state index in [1.807, 2.05) is 6.07 Å². The number of nitrogens with one attached hydrogen (secondary N) is 1. The van der Waals surface area contributed by atoms with Crippen molar-refractivity contribution in [3.63, 3.8) is 0 Å². The predicted octanol–water partition coefficient (Wildman–Crippen LogP) is 3.34. The van der Waals surface area contributed by atoms with Crippen LogP contribution in [-0.4, -0.2) is 9.97 Å². The molecule has 0 amide bonds. The SMILES string of the molecule is Cc1ccc(-c2nc(NN)cc(C(C)(C)C)n2)c(C)c1. The highest BCUT2D eigenvalue weighted by Crippen LogP contribution is 2.27. The van der Waals surface area contributed by atoms with Crippen LogP contribution in [0.4, 0.5) is 5.82 Å². The van der Waals surface area contributed by atoms with Crippen LogP contribution in [0.1, 0.15) is 37.6 Å². The minimum Gasteiger partial charge on any atom is -0.308 e. The summed E-state index contributed by atoms with van der Waals surface area (Å²) < 4.78 is 0. The molecule has 0 bridgehead atoms. The van der Waals surface area contributed by atoms with E-state index >= 15 is 0 Å². The van der Waals surface area contributed by atoms with Gasteiger partial charge in [-0.1, -0.05) is 44.5 Å². The van der Waals surface area contributed by atoms with Gasteiger partial charge in [-0.3, -0.25) is 0 Å². The molecule has 0 fully saturated rings. The topological polar surface area (TPSA) is 63.8 Å². The second-order valence-electron chi connectivity index (χ2n) is 6.17. The summed E-state index contributed by atoms with van der Waals surface area (Å²) in [7, 11) is 0. The second kappa shape index (κ2) is 5.21. The summed E-state index contributed by atoms with van der Waals surface area (Å²) in [6, 6.07) is 8.17. The first-order chi connectivity index (χ1) is 9.31. The van der Waals surface area contributed by atoms with E-state index in [-0.39, 0.29) is 5.41 Å². The number of aromatic nitrogens is 2. The van der Waals surface area contributed by atoms with Crippen molar-refractivity contribution in [2.75, 3.05) is 5.43 Å². The third kappa shape index (κ3) is 2.96. The summed E-state index contributed by atoms with van der Waals surface area (Å²) in [6.07, 6.45) is 0. The van der Waals surface area contributed by atoms with E-state index in [0.717, 1.165) is 11.3 Å². The van der Waals surface area contributed by atoms with E-state index in [4.69, 9.17) is 10.8 Å². The number of aryl methyl sites for hydroxylation is 2. The summed E-state index contributed by atoms with van der Waals surface area (Å²) in [5, 5.41) is 0. The number of nitrogens with two attached hydrogens (primary N) is 1. The molecule has 1 aromatic carbocycles.